The molecule has 3 rings (SSSR count). The van der Waals surface area contributed by atoms with Gasteiger partial charge in [0, 0.05) is 36.6 Å². The van der Waals surface area contributed by atoms with Gasteiger partial charge in [-0.15, -0.1) is 0 Å². The van der Waals surface area contributed by atoms with Crippen molar-refractivity contribution >= 4 is 17.0 Å². The van der Waals surface area contributed by atoms with Crippen molar-refractivity contribution < 1.29 is 14.1 Å². The number of aromatic nitrogens is 3. The van der Waals surface area contributed by atoms with Crippen LogP contribution in [0.25, 0.3) is 10.9 Å². The van der Waals surface area contributed by atoms with Crippen molar-refractivity contribution in [3.8, 4) is 0 Å². The fraction of sp³-hybridized carbons (Fsp3) is 0.500. The third-order valence-corrected chi connectivity index (χ3v) is 4.75. The van der Waals surface area contributed by atoms with Crippen LogP contribution in [0, 0.1) is 0 Å². The van der Waals surface area contributed by atoms with Crippen LogP contribution in [-0.2, 0) is 17.6 Å². The average Bonchev–Trinajstić information content (AvgIpc) is 3.31. The fourth-order valence-electron chi connectivity index (χ4n) is 3.17. The molecule has 1 amide bonds. The van der Waals surface area contributed by atoms with Crippen molar-refractivity contribution in [1.82, 2.24) is 25.3 Å². The molecule has 1 atom stereocenters. The number of carbonyl (C=O) groups excluding carboxylic acids is 1. The standard InChI is InChI=1S/C22H32N6O3/c1-22(2,3)30-21(29)24-10-8-18-26-20(31-27-18)19(23)14-6-7-17-16(12-14)15(13-25-17)9-11-28(4)5/h6-7,12-13,19,25H,8-11,23H2,1-5H3,(H,24,29). The summed E-state index contributed by atoms with van der Waals surface area (Å²) >= 11 is 0. The highest BCUT2D eigenvalue weighted by Crippen LogP contribution is 2.25. The van der Waals surface area contributed by atoms with Gasteiger partial charge in [0.25, 0.3) is 0 Å². The lowest BCUT2D eigenvalue weighted by molar-refractivity contribution is 0.0528. The van der Waals surface area contributed by atoms with Crippen molar-refractivity contribution in [3.63, 3.8) is 0 Å². The second-order valence-electron chi connectivity index (χ2n) is 8.88. The lowest BCUT2D eigenvalue weighted by Gasteiger charge is -2.19. The number of fused-ring (bicyclic) bond motifs is 1. The van der Waals surface area contributed by atoms with Crippen molar-refractivity contribution in [3.05, 3.63) is 47.2 Å². The van der Waals surface area contributed by atoms with E-state index < -0.39 is 17.7 Å². The summed E-state index contributed by atoms with van der Waals surface area (Å²) in [6, 6.07) is 5.54. The van der Waals surface area contributed by atoms with Gasteiger partial charge in [0.05, 0.1) is 0 Å². The molecule has 3 aromatic rings. The van der Waals surface area contributed by atoms with Crippen molar-refractivity contribution in [2.45, 2.75) is 45.3 Å². The first-order valence-corrected chi connectivity index (χ1v) is 10.4. The van der Waals surface area contributed by atoms with E-state index in [1.54, 1.807) is 0 Å². The zero-order chi connectivity index (χ0) is 22.6. The summed E-state index contributed by atoms with van der Waals surface area (Å²) in [5.74, 6) is 0.827. The van der Waals surface area contributed by atoms with Crippen molar-refractivity contribution in [2.75, 3.05) is 27.2 Å². The first-order valence-electron chi connectivity index (χ1n) is 10.4. The Balaban J connectivity index is 1.63. The van der Waals surface area contributed by atoms with Gasteiger partial charge < -0.3 is 30.2 Å². The van der Waals surface area contributed by atoms with Gasteiger partial charge in [0.1, 0.15) is 11.6 Å². The number of rotatable bonds is 8. The lowest BCUT2D eigenvalue weighted by Crippen LogP contribution is -2.33. The number of alkyl carbamates (subject to hydrolysis) is 1. The third kappa shape index (κ3) is 6.28. The number of H-pyrrole nitrogens is 1. The molecule has 0 aliphatic rings. The lowest BCUT2D eigenvalue weighted by atomic mass is 10.0. The van der Waals surface area contributed by atoms with E-state index in [0.717, 1.165) is 29.4 Å². The van der Waals surface area contributed by atoms with Crippen LogP contribution in [0.15, 0.2) is 28.9 Å². The van der Waals surface area contributed by atoms with E-state index in [-0.39, 0.29) is 0 Å². The Morgan fingerprint density at radius 3 is 2.81 bits per heavy atom. The molecule has 2 aromatic heterocycles. The van der Waals surface area contributed by atoms with E-state index in [4.69, 9.17) is 15.0 Å². The number of hydrogen-bond acceptors (Lipinski definition) is 7. The molecule has 2 heterocycles. The molecule has 0 aliphatic heterocycles. The molecule has 0 fully saturated rings. The van der Waals surface area contributed by atoms with E-state index in [1.165, 1.54) is 5.56 Å². The molecule has 31 heavy (non-hydrogen) atoms. The van der Waals surface area contributed by atoms with E-state index in [0.29, 0.717) is 24.7 Å². The SMILES string of the molecule is CN(C)CCc1c[nH]c2ccc(C(N)c3nc(CCNC(=O)OC(C)(C)C)no3)cc12. The Bertz CT molecular complexity index is 1020. The molecule has 0 bridgehead atoms. The first kappa shape index (κ1) is 22.8. The minimum Gasteiger partial charge on any atom is -0.444 e. The maximum Gasteiger partial charge on any atom is 0.407 e. The molecule has 0 saturated heterocycles. The highest BCUT2D eigenvalue weighted by molar-refractivity contribution is 5.84. The Morgan fingerprint density at radius 1 is 1.32 bits per heavy atom. The molecule has 0 radical (unpaired) electrons. The largest absolute Gasteiger partial charge is 0.444 e. The number of benzene rings is 1. The molecular formula is C22H32N6O3. The molecule has 168 valence electrons. The van der Waals surface area contributed by atoms with E-state index >= 15 is 0 Å². The Kier molecular flexibility index (Phi) is 6.97. The number of nitrogens with zero attached hydrogens (tertiary/aromatic N) is 3. The molecule has 1 unspecified atom stereocenters. The van der Waals surface area contributed by atoms with E-state index in [9.17, 15) is 4.79 Å². The number of aromatic amines is 1. The zero-order valence-corrected chi connectivity index (χ0v) is 18.9. The molecule has 4 N–H and O–H groups in total. The van der Waals surface area contributed by atoms with Gasteiger partial charge in [-0.3, -0.25) is 0 Å². The zero-order valence-electron chi connectivity index (χ0n) is 18.9. The van der Waals surface area contributed by atoms with Crippen LogP contribution in [-0.4, -0.2) is 58.9 Å². The maximum absolute atomic E-state index is 11.7. The van der Waals surface area contributed by atoms with Gasteiger partial charge in [-0.25, -0.2) is 4.79 Å². The highest BCUT2D eigenvalue weighted by Gasteiger charge is 2.19. The summed E-state index contributed by atoms with van der Waals surface area (Å²) in [4.78, 5) is 21.6. The normalized spacial score (nSPS) is 13.0. The molecular weight excluding hydrogens is 396 g/mol. The second kappa shape index (κ2) is 9.49. The highest BCUT2D eigenvalue weighted by atomic mass is 16.6. The molecule has 0 saturated carbocycles. The third-order valence-electron chi connectivity index (χ3n) is 4.75. The summed E-state index contributed by atoms with van der Waals surface area (Å²) in [5, 5.41) is 7.81. The first-order chi connectivity index (χ1) is 14.6. The molecule has 0 aliphatic carbocycles. The van der Waals surface area contributed by atoms with Gasteiger partial charge in [-0.05, 0) is 64.5 Å². The number of ether oxygens (including phenoxy) is 1. The van der Waals surface area contributed by atoms with Crippen LogP contribution >= 0.6 is 0 Å². The fourth-order valence-corrected chi connectivity index (χ4v) is 3.17. The number of carbonyl (C=O) groups is 1. The average molecular weight is 429 g/mol. The molecule has 9 heteroatoms. The monoisotopic (exact) mass is 428 g/mol. The molecule has 0 spiro atoms. The second-order valence-corrected chi connectivity index (χ2v) is 8.88. The Labute approximate surface area is 182 Å². The number of nitrogens with one attached hydrogen (secondary N) is 2. The Morgan fingerprint density at radius 2 is 2.10 bits per heavy atom. The number of hydrogen-bond donors (Lipinski definition) is 3. The van der Waals surface area contributed by atoms with Crippen LogP contribution < -0.4 is 11.1 Å². The van der Waals surface area contributed by atoms with Crippen molar-refractivity contribution in [1.29, 1.82) is 0 Å². The Hall–Kier alpha value is -2.91. The van der Waals surface area contributed by atoms with Gasteiger partial charge in [0.15, 0.2) is 5.82 Å². The van der Waals surface area contributed by atoms with E-state index in [2.05, 4.69) is 45.5 Å². The summed E-state index contributed by atoms with van der Waals surface area (Å²) in [6.45, 7) is 6.75. The topological polar surface area (TPSA) is 122 Å². The van der Waals surface area contributed by atoms with Gasteiger partial charge in [0.2, 0.25) is 5.89 Å². The van der Waals surface area contributed by atoms with Crippen LogP contribution in [0.2, 0.25) is 0 Å². The predicted molar refractivity (Wildman–Crippen MR) is 119 cm³/mol. The summed E-state index contributed by atoms with van der Waals surface area (Å²) in [7, 11) is 4.12. The smallest absolute Gasteiger partial charge is 0.407 e. The summed E-state index contributed by atoms with van der Waals surface area (Å²) < 4.78 is 10.6. The predicted octanol–water partition coefficient (Wildman–Crippen LogP) is 2.77. The van der Waals surface area contributed by atoms with Gasteiger partial charge >= 0.3 is 6.09 Å². The quantitative estimate of drug-likeness (QED) is 0.504. The number of likely N-dealkylation sites (N-methyl/N-ethyl adjacent to an activating group) is 1. The van der Waals surface area contributed by atoms with Crippen LogP contribution in [0.5, 0.6) is 0 Å². The number of amides is 1. The van der Waals surface area contributed by atoms with Gasteiger partial charge in [-0.2, -0.15) is 4.98 Å². The molecule has 9 nitrogen and oxygen atoms in total. The van der Waals surface area contributed by atoms with E-state index in [1.807, 2.05) is 39.1 Å². The van der Waals surface area contributed by atoms with Crippen LogP contribution in [0.3, 0.4) is 0 Å². The number of nitrogens with two attached hydrogens (primary N) is 1. The minimum atomic E-state index is -0.539. The van der Waals surface area contributed by atoms with Crippen LogP contribution in [0.4, 0.5) is 4.79 Å². The van der Waals surface area contributed by atoms with Crippen molar-refractivity contribution in [2.24, 2.45) is 5.73 Å². The minimum absolute atomic E-state index is 0.341. The summed E-state index contributed by atoms with van der Waals surface area (Å²) in [6.07, 6.45) is 2.94. The molecule has 1 aromatic carbocycles. The maximum atomic E-state index is 11.7. The summed E-state index contributed by atoms with van der Waals surface area (Å²) in [5.41, 5.74) is 9.09. The van der Waals surface area contributed by atoms with Crippen LogP contribution in [0.1, 0.15) is 49.7 Å². The van der Waals surface area contributed by atoms with Gasteiger partial charge in [-0.1, -0.05) is 11.2 Å².